The van der Waals surface area contributed by atoms with E-state index in [4.69, 9.17) is 20.5 Å². The number of carbonyl (C=O) groups excluding carboxylic acids is 1. The van der Waals surface area contributed by atoms with Gasteiger partial charge in [-0.05, 0) is 20.2 Å². The third kappa shape index (κ3) is 4.98. The number of nitrogens with two attached hydrogens (primary N) is 1. The summed E-state index contributed by atoms with van der Waals surface area (Å²) in [7, 11) is 3.83. The molecule has 7 heteroatoms. The van der Waals surface area contributed by atoms with Crippen molar-refractivity contribution < 1.29 is 14.3 Å². The van der Waals surface area contributed by atoms with Crippen LogP contribution in [0.3, 0.4) is 0 Å². The van der Waals surface area contributed by atoms with E-state index in [2.05, 4.69) is 5.32 Å². The Morgan fingerprint density at radius 1 is 1.58 bits per heavy atom. The SMILES string of the molecule is CN(C)CC=CC(=O)Nc1cc(C#N)c(N)cc1OC1CCOC1. The fourth-order valence-corrected chi connectivity index (χ4v) is 2.22. The number of hydrogen-bond donors (Lipinski definition) is 2. The van der Waals surface area contributed by atoms with Gasteiger partial charge in [0.25, 0.3) is 0 Å². The van der Waals surface area contributed by atoms with Gasteiger partial charge in [0.1, 0.15) is 17.9 Å². The Morgan fingerprint density at radius 3 is 3.00 bits per heavy atom. The molecule has 1 heterocycles. The van der Waals surface area contributed by atoms with Crippen molar-refractivity contribution in [3.63, 3.8) is 0 Å². The summed E-state index contributed by atoms with van der Waals surface area (Å²) in [5.74, 6) is 0.148. The fourth-order valence-electron chi connectivity index (χ4n) is 2.22. The molecule has 128 valence electrons. The van der Waals surface area contributed by atoms with Gasteiger partial charge in [-0.1, -0.05) is 6.08 Å². The zero-order chi connectivity index (χ0) is 17.5. The van der Waals surface area contributed by atoms with Gasteiger partial charge < -0.3 is 25.4 Å². The quantitative estimate of drug-likeness (QED) is 0.603. The van der Waals surface area contributed by atoms with Crippen LogP contribution in [-0.2, 0) is 9.53 Å². The predicted octanol–water partition coefficient (Wildman–Crippen LogP) is 1.36. The molecule has 2 rings (SSSR count). The number of amides is 1. The van der Waals surface area contributed by atoms with Crippen LogP contribution in [0.2, 0.25) is 0 Å². The van der Waals surface area contributed by atoms with Crippen molar-refractivity contribution in [3.05, 3.63) is 29.8 Å². The van der Waals surface area contributed by atoms with Crippen molar-refractivity contribution in [1.82, 2.24) is 4.90 Å². The smallest absolute Gasteiger partial charge is 0.248 e. The highest BCUT2D eigenvalue weighted by Crippen LogP contribution is 2.32. The van der Waals surface area contributed by atoms with Gasteiger partial charge in [0.2, 0.25) is 5.91 Å². The van der Waals surface area contributed by atoms with Crippen LogP contribution in [0.15, 0.2) is 24.3 Å². The van der Waals surface area contributed by atoms with E-state index < -0.39 is 0 Å². The molecule has 0 saturated carbocycles. The first-order valence-electron chi connectivity index (χ1n) is 7.70. The van der Waals surface area contributed by atoms with Gasteiger partial charge in [-0.15, -0.1) is 0 Å². The molecule has 1 unspecified atom stereocenters. The lowest BCUT2D eigenvalue weighted by molar-refractivity contribution is -0.111. The van der Waals surface area contributed by atoms with Crippen LogP contribution in [0.5, 0.6) is 5.75 Å². The highest BCUT2D eigenvalue weighted by Gasteiger charge is 2.20. The van der Waals surface area contributed by atoms with Crippen molar-refractivity contribution >= 4 is 17.3 Å². The zero-order valence-corrected chi connectivity index (χ0v) is 13.9. The molecular weight excluding hydrogens is 308 g/mol. The lowest BCUT2D eigenvalue weighted by Crippen LogP contribution is -2.18. The van der Waals surface area contributed by atoms with E-state index >= 15 is 0 Å². The number of nitrogen functional groups attached to an aromatic ring is 1. The molecule has 1 aliphatic rings. The molecular formula is C17H22N4O3. The maximum absolute atomic E-state index is 12.1. The van der Waals surface area contributed by atoms with Gasteiger partial charge in [-0.25, -0.2) is 0 Å². The van der Waals surface area contributed by atoms with Crippen molar-refractivity contribution in [2.75, 3.05) is 44.9 Å². The van der Waals surface area contributed by atoms with E-state index in [9.17, 15) is 4.79 Å². The molecule has 1 aromatic carbocycles. The molecule has 3 N–H and O–H groups in total. The van der Waals surface area contributed by atoms with Crippen LogP contribution in [0, 0.1) is 11.3 Å². The Labute approximate surface area is 141 Å². The van der Waals surface area contributed by atoms with Gasteiger partial charge >= 0.3 is 0 Å². The summed E-state index contributed by atoms with van der Waals surface area (Å²) in [4.78, 5) is 14.0. The summed E-state index contributed by atoms with van der Waals surface area (Å²) in [6, 6.07) is 5.10. The maximum Gasteiger partial charge on any atom is 0.248 e. The molecule has 1 amide bonds. The van der Waals surface area contributed by atoms with Crippen LogP contribution in [0.25, 0.3) is 0 Å². The Bertz CT molecular complexity index is 659. The van der Waals surface area contributed by atoms with Gasteiger partial charge in [0.05, 0.1) is 30.2 Å². The lowest BCUT2D eigenvalue weighted by atomic mass is 10.1. The minimum atomic E-state index is -0.293. The molecule has 0 radical (unpaired) electrons. The minimum Gasteiger partial charge on any atom is -0.486 e. The predicted molar refractivity (Wildman–Crippen MR) is 91.7 cm³/mol. The van der Waals surface area contributed by atoms with Gasteiger partial charge in [-0.2, -0.15) is 5.26 Å². The summed E-state index contributed by atoms with van der Waals surface area (Å²) >= 11 is 0. The van der Waals surface area contributed by atoms with Gasteiger partial charge in [-0.3, -0.25) is 4.79 Å². The molecule has 1 fully saturated rings. The molecule has 1 atom stereocenters. The zero-order valence-electron chi connectivity index (χ0n) is 13.9. The first-order valence-corrected chi connectivity index (χ1v) is 7.70. The minimum absolute atomic E-state index is 0.0859. The van der Waals surface area contributed by atoms with Crippen LogP contribution < -0.4 is 15.8 Å². The monoisotopic (exact) mass is 330 g/mol. The number of likely N-dealkylation sites (N-methyl/N-ethyl adjacent to an activating group) is 1. The van der Waals surface area contributed by atoms with E-state index in [1.54, 1.807) is 12.1 Å². The Morgan fingerprint density at radius 2 is 2.38 bits per heavy atom. The number of ether oxygens (including phenoxy) is 2. The molecule has 7 nitrogen and oxygen atoms in total. The molecule has 24 heavy (non-hydrogen) atoms. The Kier molecular flexibility index (Phi) is 6.18. The first-order chi connectivity index (χ1) is 11.5. The first kappa shape index (κ1) is 17.8. The van der Waals surface area contributed by atoms with Gasteiger partial charge in [0.15, 0.2) is 0 Å². The molecule has 0 aliphatic carbocycles. The number of benzene rings is 1. The number of hydrogen-bond acceptors (Lipinski definition) is 6. The number of carbonyl (C=O) groups is 1. The third-order valence-electron chi connectivity index (χ3n) is 3.45. The fraction of sp³-hybridized carbons (Fsp3) is 0.412. The second-order valence-corrected chi connectivity index (χ2v) is 5.80. The maximum atomic E-state index is 12.1. The molecule has 1 aromatic rings. The average Bonchev–Trinajstić information content (AvgIpc) is 3.02. The van der Waals surface area contributed by atoms with Crippen molar-refractivity contribution in [3.8, 4) is 11.8 Å². The molecule has 0 bridgehead atoms. The molecule has 0 spiro atoms. The van der Waals surface area contributed by atoms with E-state index in [0.29, 0.717) is 36.9 Å². The standard InChI is InChI=1S/C17H22N4O3/c1-21(2)6-3-4-17(22)20-15-8-12(10-18)14(19)9-16(15)24-13-5-7-23-11-13/h3-4,8-9,13H,5-7,11,19H2,1-2H3,(H,20,22). The molecule has 1 aliphatic heterocycles. The number of nitriles is 1. The Balaban J connectivity index is 2.17. The highest BCUT2D eigenvalue weighted by molar-refractivity contribution is 6.00. The normalized spacial score (nSPS) is 17.2. The second kappa shape index (κ2) is 8.34. The van der Waals surface area contributed by atoms with Crippen molar-refractivity contribution in [2.45, 2.75) is 12.5 Å². The van der Waals surface area contributed by atoms with Crippen LogP contribution >= 0.6 is 0 Å². The van der Waals surface area contributed by atoms with E-state index in [1.165, 1.54) is 12.1 Å². The van der Waals surface area contributed by atoms with Crippen molar-refractivity contribution in [1.29, 1.82) is 5.26 Å². The van der Waals surface area contributed by atoms with E-state index in [1.807, 2.05) is 25.1 Å². The van der Waals surface area contributed by atoms with Crippen LogP contribution in [0.1, 0.15) is 12.0 Å². The second-order valence-electron chi connectivity index (χ2n) is 5.80. The summed E-state index contributed by atoms with van der Waals surface area (Å²) in [5.41, 5.74) is 6.88. The van der Waals surface area contributed by atoms with E-state index in [-0.39, 0.29) is 17.6 Å². The number of anilines is 2. The number of nitrogens with zero attached hydrogens (tertiary/aromatic N) is 2. The number of nitrogens with one attached hydrogen (secondary N) is 1. The average molecular weight is 330 g/mol. The summed E-state index contributed by atoms with van der Waals surface area (Å²) in [6.45, 7) is 1.79. The van der Waals surface area contributed by atoms with Crippen LogP contribution in [-0.4, -0.2) is 50.8 Å². The lowest BCUT2D eigenvalue weighted by Gasteiger charge is -2.17. The topological polar surface area (TPSA) is 101 Å². The van der Waals surface area contributed by atoms with E-state index in [0.717, 1.165) is 6.42 Å². The summed E-state index contributed by atoms with van der Waals surface area (Å²) in [6.07, 6.45) is 3.89. The van der Waals surface area contributed by atoms with Crippen LogP contribution in [0.4, 0.5) is 11.4 Å². The molecule has 1 saturated heterocycles. The number of rotatable bonds is 6. The largest absolute Gasteiger partial charge is 0.486 e. The third-order valence-corrected chi connectivity index (χ3v) is 3.45. The Hall–Kier alpha value is -2.56. The summed E-state index contributed by atoms with van der Waals surface area (Å²) < 4.78 is 11.2. The highest BCUT2D eigenvalue weighted by atomic mass is 16.5. The molecule has 0 aromatic heterocycles. The van der Waals surface area contributed by atoms with Gasteiger partial charge in [0, 0.05) is 25.1 Å². The summed E-state index contributed by atoms with van der Waals surface area (Å²) in [5, 5.41) is 11.9. The van der Waals surface area contributed by atoms with Crippen molar-refractivity contribution in [2.24, 2.45) is 0 Å².